The van der Waals surface area contributed by atoms with Crippen LogP contribution in [-0.2, 0) is 4.79 Å². The quantitative estimate of drug-likeness (QED) is 0.645. The fourth-order valence-corrected chi connectivity index (χ4v) is 2.50. The summed E-state index contributed by atoms with van der Waals surface area (Å²) in [6.07, 6.45) is 6.98. The summed E-state index contributed by atoms with van der Waals surface area (Å²) in [7, 11) is 0. The smallest absolute Gasteiger partial charge is 0.216 e. The zero-order chi connectivity index (χ0) is 13.2. The second-order valence-corrected chi connectivity index (χ2v) is 5.36. The lowest BCUT2D eigenvalue weighted by Crippen LogP contribution is -2.38. The predicted molar refractivity (Wildman–Crippen MR) is 73.4 cm³/mol. The summed E-state index contributed by atoms with van der Waals surface area (Å²) in [5.74, 6) is 0.751. The van der Waals surface area contributed by atoms with Crippen LogP contribution >= 0.6 is 0 Å². The first-order valence-corrected chi connectivity index (χ1v) is 7.30. The van der Waals surface area contributed by atoms with E-state index in [1.165, 1.54) is 45.3 Å². The number of nitrogens with one attached hydrogen (secondary N) is 1. The van der Waals surface area contributed by atoms with Gasteiger partial charge in [0.15, 0.2) is 0 Å². The number of rotatable bonds is 8. The van der Waals surface area contributed by atoms with Gasteiger partial charge in [-0.15, -0.1) is 0 Å². The Bertz CT molecular complexity index is 226. The minimum Gasteiger partial charge on any atom is -0.396 e. The number of aliphatic hydroxyl groups is 1. The molecule has 0 aromatic carbocycles. The molecule has 0 aliphatic carbocycles. The number of unbranched alkanes of at least 4 members (excludes halogenated alkanes) is 3. The molecule has 0 saturated carbocycles. The molecule has 1 heterocycles. The first kappa shape index (κ1) is 15.4. The molecule has 2 N–H and O–H groups in total. The Morgan fingerprint density at radius 2 is 1.89 bits per heavy atom. The molecule has 0 spiro atoms. The third-order valence-corrected chi connectivity index (χ3v) is 3.73. The van der Waals surface area contributed by atoms with E-state index in [9.17, 15) is 4.79 Å². The Hall–Kier alpha value is -0.610. The Balaban J connectivity index is 1.99. The number of carbonyl (C=O) groups excluding carboxylic acids is 1. The van der Waals surface area contributed by atoms with Crippen molar-refractivity contribution in [3.05, 3.63) is 0 Å². The molecule has 0 aromatic heterocycles. The first-order valence-electron chi connectivity index (χ1n) is 7.30. The van der Waals surface area contributed by atoms with Crippen LogP contribution < -0.4 is 5.32 Å². The summed E-state index contributed by atoms with van der Waals surface area (Å²) in [5.41, 5.74) is 0. The average Bonchev–Trinajstić information content (AvgIpc) is 2.37. The van der Waals surface area contributed by atoms with Crippen molar-refractivity contribution in [3.8, 4) is 0 Å². The highest BCUT2D eigenvalue weighted by atomic mass is 16.2. The molecule has 1 amide bonds. The molecule has 0 atom stereocenters. The lowest BCUT2D eigenvalue weighted by atomic mass is 9.96. The molecule has 4 heteroatoms. The SMILES string of the molecule is CC(=O)NCC1CCN(CCCCCCO)CC1. The van der Waals surface area contributed by atoms with Gasteiger partial charge >= 0.3 is 0 Å². The Morgan fingerprint density at radius 3 is 2.50 bits per heavy atom. The van der Waals surface area contributed by atoms with E-state index >= 15 is 0 Å². The van der Waals surface area contributed by atoms with E-state index in [0.29, 0.717) is 12.5 Å². The lowest BCUT2D eigenvalue weighted by molar-refractivity contribution is -0.119. The van der Waals surface area contributed by atoms with Crippen LogP contribution in [0.3, 0.4) is 0 Å². The highest BCUT2D eigenvalue weighted by Crippen LogP contribution is 2.16. The van der Waals surface area contributed by atoms with Crippen molar-refractivity contribution in [3.63, 3.8) is 0 Å². The molecule has 1 aliphatic heterocycles. The van der Waals surface area contributed by atoms with Gasteiger partial charge in [-0.2, -0.15) is 0 Å². The number of amides is 1. The fraction of sp³-hybridized carbons (Fsp3) is 0.929. The predicted octanol–water partition coefficient (Wildman–Crippen LogP) is 1.39. The topological polar surface area (TPSA) is 52.6 Å². The Morgan fingerprint density at radius 1 is 1.22 bits per heavy atom. The third kappa shape index (κ3) is 6.97. The van der Waals surface area contributed by atoms with E-state index in [4.69, 9.17) is 5.11 Å². The number of hydrogen-bond donors (Lipinski definition) is 2. The van der Waals surface area contributed by atoms with Crippen LogP contribution in [0.15, 0.2) is 0 Å². The second kappa shape index (κ2) is 9.34. The van der Waals surface area contributed by atoms with Crippen molar-refractivity contribution >= 4 is 5.91 Å². The summed E-state index contributed by atoms with van der Waals surface area (Å²) >= 11 is 0. The molecule has 0 unspecified atom stereocenters. The molecule has 0 bridgehead atoms. The zero-order valence-corrected chi connectivity index (χ0v) is 11.7. The molecular formula is C14H28N2O2. The molecule has 18 heavy (non-hydrogen) atoms. The minimum absolute atomic E-state index is 0.0845. The average molecular weight is 256 g/mol. The fourth-order valence-electron chi connectivity index (χ4n) is 2.50. The van der Waals surface area contributed by atoms with E-state index in [1.54, 1.807) is 6.92 Å². The van der Waals surface area contributed by atoms with Crippen LogP contribution in [0.1, 0.15) is 45.4 Å². The molecule has 1 rings (SSSR count). The van der Waals surface area contributed by atoms with Gasteiger partial charge < -0.3 is 15.3 Å². The molecule has 0 radical (unpaired) electrons. The standard InChI is InChI=1S/C14H28N2O2/c1-13(18)15-12-14-6-9-16(10-7-14)8-4-2-3-5-11-17/h14,17H,2-12H2,1H3,(H,15,18). The monoisotopic (exact) mass is 256 g/mol. The van der Waals surface area contributed by atoms with Gasteiger partial charge in [-0.3, -0.25) is 4.79 Å². The van der Waals surface area contributed by atoms with Gasteiger partial charge in [-0.05, 0) is 51.2 Å². The Labute approximate surface area is 111 Å². The van der Waals surface area contributed by atoms with Gasteiger partial charge in [0.1, 0.15) is 0 Å². The normalized spacial score (nSPS) is 17.9. The van der Waals surface area contributed by atoms with Crippen LogP contribution in [0.5, 0.6) is 0 Å². The first-order chi connectivity index (χ1) is 8.72. The van der Waals surface area contributed by atoms with Gasteiger partial charge in [0.25, 0.3) is 0 Å². The zero-order valence-electron chi connectivity index (χ0n) is 11.7. The molecule has 4 nitrogen and oxygen atoms in total. The Kier molecular flexibility index (Phi) is 8.01. The van der Waals surface area contributed by atoms with Gasteiger partial charge in [-0.25, -0.2) is 0 Å². The van der Waals surface area contributed by atoms with E-state index in [2.05, 4.69) is 10.2 Å². The van der Waals surface area contributed by atoms with Crippen molar-refractivity contribution in [2.45, 2.75) is 45.4 Å². The second-order valence-electron chi connectivity index (χ2n) is 5.36. The van der Waals surface area contributed by atoms with Crippen molar-refractivity contribution in [1.82, 2.24) is 10.2 Å². The summed E-state index contributed by atoms with van der Waals surface area (Å²) in [6.45, 7) is 6.29. The van der Waals surface area contributed by atoms with E-state index in [-0.39, 0.29) is 5.91 Å². The molecule has 106 valence electrons. The lowest BCUT2D eigenvalue weighted by Gasteiger charge is -2.31. The van der Waals surface area contributed by atoms with E-state index < -0.39 is 0 Å². The van der Waals surface area contributed by atoms with Crippen LogP contribution in [-0.4, -0.2) is 48.7 Å². The summed E-state index contributed by atoms with van der Waals surface area (Å²) < 4.78 is 0. The van der Waals surface area contributed by atoms with Crippen LogP contribution in [0.2, 0.25) is 0 Å². The maximum absolute atomic E-state index is 10.8. The number of carbonyl (C=O) groups is 1. The van der Waals surface area contributed by atoms with Crippen LogP contribution in [0, 0.1) is 5.92 Å². The van der Waals surface area contributed by atoms with Gasteiger partial charge in [0.2, 0.25) is 5.91 Å². The van der Waals surface area contributed by atoms with Crippen molar-refractivity contribution in [2.75, 3.05) is 32.8 Å². The summed E-state index contributed by atoms with van der Waals surface area (Å²) in [6, 6.07) is 0. The number of aliphatic hydroxyl groups excluding tert-OH is 1. The molecular weight excluding hydrogens is 228 g/mol. The maximum Gasteiger partial charge on any atom is 0.216 e. The van der Waals surface area contributed by atoms with Crippen LogP contribution in [0.4, 0.5) is 0 Å². The van der Waals surface area contributed by atoms with E-state index in [1.807, 2.05) is 0 Å². The van der Waals surface area contributed by atoms with Crippen LogP contribution in [0.25, 0.3) is 0 Å². The number of nitrogens with zero attached hydrogens (tertiary/aromatic N) is 1. The number of hydrogen-bond acceptors (Lipinski definition) is 3. The van der Waals surface area contributed by atoms with Crippen molar-refractivity contribution < 1.29 is 9.90 Å². The highest BCUT2D eigenvalue weighted by Gasteiger charge is 2.18. The van der Waals surface area contributed by atoms with Gasteiger partial charge in [-0.1, -0.05) is 12.8 Å². The molecule has 1 fully saturated rings. The molecule has 1 aliphatic rings. The minimum atomic E-state index is 0.0845. The number of likely N-dealkylation sites (tertiary alicyclic amines) is 1. The van der Waals surface area contributed by atoms with Crippen molar-refractivity contribution in [2.24, 2.45) is 5.92 Å². The van der Waals surface area contributed by atoms with Crippen molar-refractivity contribution in [1.29, 1.82) is 0 Å². The third-order valence-electron chi connectivity index (χ3n) is 3.73. The molecule has 1 saturated heterocycles. The maximum atomic E-state index is 10.8. The number of piperidine rings is 1. The van der Waals surface area contributed by atoms with Gasteiger partial charge in [0.05, 0.1) is 0 Å². The van der Waals surface area contributed by atoms with E-state index in [0.717, 1.165) is 19.4 Å². The highest BCUT2D eigenvalue weighted by molar-refractivity contribution is 5.72. The summed E-state index contributed by atoms with van der Waals surface area (Å²) in [4.78, 5) is 13.4. The summed E-state index contributed by atoms with van der Waals surface area (Å²) in [5, 5.41) is 11.6. The largest absolute Gasteiger partial charge is 0.396 e. The molecule has 0 aromatic rings. The van der Waals surface area contributed by atoms with Gasteiger partial charge in [0, 0.05) is 20.1 Å².